The molecule has 29 heavy (non-hydrogen) atoms. The van der Waals surface area contributed by atoms with Crippen molar-refractivity contribution in [2.45, 2.75) is 37.8 Å². The fraction of sp³-hybridized carbons (Fsp3) is 0.381. The Balaban J connectivity index is 1.51. The third kappa shape index (κ3) is 4.88. The third-order valence-electron chi connectivity index (χ3n) is 4.74. The van der Waals surface area contributed by atoms with Crippen LogP contribution in [0.2, 0.25) is 0 Å². The highest BCUT2D eigenvalue weighted by molar-refractivity contribution is 7.99. The van der Waals surface area contributed by atoms with Crippen LogP contribution in [0.4, 0.5) is 0 Å². The smallest absolute Gasteiger partial charge is 0.233 e. The fourth-order valence-corrected chi connectivity index (χ4v) is 5.05. The number of hydrogen-bond acceptors (Lipinski definition) is 6. The minimum atomic E-state index is 0.0693. The Kier molecular flexibility index (Phi) is 6.32. The predicted octanol–water partition coefficient (Wildman–Crippen LogP) is 3.78. The lowest BCUT2D eigenvalue weighted by Gasteiger charge is -2.35. The van der Waals surface area contributed by atoms with Gasteiger partial charge in [-0.25, -0.2) is 0 Å². The van der Waals surface area contributed by atoms with E-state index in [0.717, 1.165) is 15.9 Å². The van der Waals surface area contributed by atoms with Crippen molar-refractivity contribution < 1.29 is 9.53 Å². The number of carbonyl (C=O) groups excluding carboxylic acids is 1. The van der Waals surface area contributed by atoms with Crippen LogP contribution in [0.5, 0.6) is 0 Å². The first-order chi connectivity index (χ1) is 14.1. The third-order valence-corrected chi connectivity index (χ3v) is 6.56. The van der Waals surface area contributed by atoms with Crippen LogP contribution in [0.15, 0.2) is 53.0 Å². The standard InChI is InChI=1S/C21H24N4O2S2/c1-15-11-24(12-16(2)27-15)19(26)14-29-21-23-22-20(18-9-6-10-28-18)25(21)13-17-7-4-3-5-8-17/h3-10,15-16H,11-14H2,1-2H3. The Hall–Kier alpha value is -2.16. The highest BCUT2D eigenvalue weighted by Gasteiger charge is 2.26. The molecule has 1 saturated heterocycles. The molecule has 2 atom stereocenters. The molecule has 2 unspecified atom stereocenters. The summed E-state index contributed by atoms with van der Waals surface area (Å²) in [5.41, 5.74) is 1.18. The molecule has 1 aromatic carbocycles. The minimum Gasteiger partial charge on any atom is -0.372 e. The van der Waals surface area contributed by atoms with Crippen molar-refractivity contribution in [2.24, 2.45) is 0 Å². The molecule has 3 heterocycles. The number of thioether (sulfide) groups is 1. The maximum Gasteiger partial charge on any atom is 0.233 e. The van der Waals surface area contributed by atoms with Gasteiger partial charge in [0.1, 0.15) is 0 Å². The molecule has 8 heteroatoms. The van der Waals surface area contributed by atoms with E-state index in [-0.39, 0.29) is 18.1 Å². The van der Waals surface area contributed by atoms with Gasteiger partial charge in [-0.1, -0.05) is 48.2 Å². The first kappa shape index (κ1) is 20.1. The predicted molar refractivity (Wildman–Crippen MR) is 116 cm³/mol. The molecule has 1 fully saturated rings. The summed E-state index contributed by atoms with van der Waals surface area (Å²) < 4.78 is 7.83. The Labute approximate surface area is 178 Å². The van der Waals surface area contributed by atoms with Crippen molar-refractivity contribution in [3.05, 3.63) is 53.4 Å². The van der Waals surface area contributed by atoms with Crippen LogP contribution >= 0.6 is 23.1 Å². The van der Waals surface area contributed by atoms with Crippen LogP contribution in [-0.2, 0) is 16.1 Å². The molecule has 0 saturated carbocycles. The van der Waals surface area contributed by atoms with Gasteiger partial charge in [0, 0.05) is 13.1 Å². The van der Waals surface area contributed by atoms with Crippen molar-refractivity contribution >= 4 is 29.0 Å². The molecule has 3 aromatic rings. The summed E-state index contributed by atoms with van der Waals surface area (Å²) in [4.78, 5) is 15.7. The summed E-state index contributed by atoms with van der Waals surface area (Å²) in [7, 11) is 0. The molecule has 152 valence electrons. The van der Waals surface area contributed by atoms with Crippen LogP contribution in [0.3, 0.4) is 0 Å². The molecule has 0 bridgehead atoms. The lowest BCUT2D eigenvalue weighted by atomic mass is 10.2. The monoisotopic (exact) mass is 428 g/mol. The number of amides is 1. The van der Waals surface area contributed by atoms with E-state index in [9.17, 15) is 4.79 Å². The molecular formula is C21H24N4O2S2. The molecule has 0 N–H and O–H groups in total. The molecule has 4 rings (SSSR count). The molecule has 0 aliphatic carbocycles. The summed E-state index contributed by atoms with van der Waals surface area (Å²) in [5.74, 6) is 1.30. The van der Waals surface area contributed by atoms with Gasteiger partial charge in [0.25, 0.3) is 0 Å². The van der Waals surface area contributed by atoms with Gasteiger partial charge in [0.15, 0.2) is 11.0 Å². The second-order valence-electron chi connectivity index (χ2n) is 7.20. The number of benzene rings is 1. The van der Waals surface area contributed by atoms with Gasteiger partial charge < -0.3 is 9.64 Å². The van der Waals surface area contributed by atoms with Crippen LogP contribution < -0.4 is 0 Å². The van der Waals surface area contributed by atoms with Gasteiger partial charge in [0.05, 0.1) is 29.4 Å². The van der Waals surface area contributed by atoms with Gasteiger partial charge in [0.2, 0.25) is 5.91 Å². The summed E-state index contributed by atoms with van der Waals surface area (Å²) in [6, 6.07) is 14.3. The number of carbonyl (C=O) groups is 1. The highest BCUT2D eigenvalue weighted by Crippen LogP contribution is 2.28. The normalized spacial score (nSPS) is 19.4. The zero-order chi connectivity index (χ0) is 20.2. The summed E-state index contributed by atoms with van der Waals surface area (Å²) in [5, 5.41) is 11.6. The Morgan fingerprint density at radius 1 is 1.14 bits per heavy atom. The average molecular weight is 429 g/mol. The van der Waals surface area contributed by atoms with E-state index in [1.165, 1.54) is 17.3 Å². The van der Waals surface area contributed by atoms with Gasteiger partial charge in [-0.05, 0) is 30.9 Å². The van der Waals surface area contributed by atoms with E-state index >= 15 is 0 Å². The summed E-state index contributed by atoms with van der Waals surface area (Å²) >= 11 is 3.09. The minimum absolute atomic E-state index is 0.0693. The first-order valence-electron chi connectivity index (χ1n) is 9.67. The Morgan fingerprint density at radius 3 is 2.59 bits per heavy atom. The quantitative estimate of drug-likeness (QED) is 0.559. The lowest BCUT2D eigenvalue weighted by Crippen LogP contribution is -2.48. The number of nitrogens with zero attached hydrogens (tertiary/aromatic N) is 4. The van der Waals surface area contributed by atoms with Crippen LogP contribution in [-0.4, -0.2) is 56.6 Å². The highest BCUT2D eigenvalue weighted by atomic mass is 32.2. The van der Waals surface area contributed by atoms with Crippen molar-refractivity contribution in [2.75, 3.05) is 18.8 Å². The van der Waals surface area contributed by atoms with Gasteiger partial charge in [-0.3, -0.25) is 9.36 Å². The van der Waals surface area contributed by atoms with Gasteiger partial charge in [-0.2, -0.15) is 0 Å². The average Bonchev–Trinajstić information content (AvgIpc) is 3.36. The second kappa shape index (κ2) is 9.11. The summed E-state index contributed by atoms with van der Waals surface area (Å²) in [6.07, 6.45) is 0.139. The largest absolute Gasteiger partial charge is 0.372 e. The topological polar surface area (TPSA) is 60.2 Å². The summed E-state index contributed by atoms with van der Waals surface area (Å²) in [6.45, 7) is 5.96. The molecule has 1 aliphatic rings. The van der Waals surface area contributed by atoms with Gasteiger partial charge >= 0.3 is 0 Å². The number of morpholine rings is 1. The SMILES string of the molecule is CC1CN(C(=O)CSc2nnc(-c3cccs3)n2Cc2ccccc2)CC(C)O1. The number of thiophene rings is 1. The number of aromatic nitrogens is 3. The number of ether oxygens (including phenoxy) is 1. The number of rotatable bonds is 6. The van der Waals surface area contributed by atoms with Crippen molar-refractivity contribution in [1.82, 2.24) is 19.7 Å². The van der Waals surface area contributed by atoms with Crippen molar-refractivity contribution in [1.29, 1.82) is 0 Å². The van der Waals surface area contributed by atoms with E-state index in [1.54, 1.807) is 11.3 Å². The second-order valence-corrected chi connectivity index (χ2v) is 9.09. The zero-order valence-corrected chi connectivity index (χ0v) is 18.2. The van der Waals surface area contributed by atoms with E-state index in [1.807, 2.05) is 54.5 Å². The zero-order valence-electron chi connectivity index (χ0n) is 16.5. The van der Waals surface area contributed by atoms with Gasteiger partial charge in [-0.15, -0.1) is 21.5 Å². The van der Waals surface area contributed by atoms with Crippen LogP contribution in [0.25, 0.3) is 10.7 Å². The van der Waals surface area contributed by atoms with E-state index < -0.39 is 0 Å². The molecular weight excluding hydrogens is 404 g/mol. The molecule has 0 spiro atoms. The lowest BCUT2D eigenvalue weighted by molar-refractivity contribution is -0.140. The molecule has 2 aromatic heterocycles. The van der Waals surface area contributed by atoms with E-state index in [2.05, 4.69) is 26.9 Å². The molecule has 1 amide bonds. The van der Waals surface area contributed by atoms with E-state index in [4.69, 9.17) is 4.74 Å². The first-order valence-corrected chi connectivity index (χ1v) is 11.5. The van der Waals surface area contributed by atoms with E-state index in [0.29, 0.717) is 25.4 Å². The number of hydrogen-bond donors (Lipinski definition) is 0. The van der Waals surface area contributed by atoms with Crippen LogP contribution in [0.1, 0.15) is 19.4 Å². The maximum atomic E-state index is 12.8. The van der Waals surface area contributed by atoms with Crippen molar-refractivity contribution in [3.8, 4) is 10.7 Å². The van der Waals surface area contributed by atoms with Crippen LogP contribution in [0, 0.1) is 0 Å². The molecule has 6 nitrogen and oxygen atoms in total. The Bertz CT molecular complexity index is 933. The fourth-order valence-electron chi connectivity index (χ4n) is 3.49. The molecule has 0 radical (unpaired) electrons. The Morgan fingerprint density at radius 2 is 1.90 bits per heavy atom. The molecule has 1 aliphatic heterocycles. The maximum absolute atomic E-state index is 12.8. The van der Waals surface area contributed by atoms with Crippen molar-refractivity contribution in [3.63, 3.8) is 0 Å².